The first kappa shape index (κ1) is 17.7. The molecule has 1 atom stereocenters. The summed E-state index contributed by atoms with van der Waals surface area (Å²) in [5.41, 5.74) is 2.00. The summed E-state index contributed by atoms with van der Waals surface area (Å²) in [6, 6.07) is 5.81. The maximum absolute atomic E-state index is 12.9. The summed E-state index contributed by atoms with van der Waals surface area (Å²) in [4.78, 5) is 31.3. The molecule has 0 radical (unpaired) electrons. The largest absolute Gasteiger partial charge is 0.353 e. The maximum atomic E-state index is 12.9. The lowest BCUT2D eigenvalue weighted by Gasteiger charge is -2.32. The predicted octanol–water partition coefficient (Wildman–Crippen LogP) is 2.38. The molecule has 3 heterocycles. The molecular formula is C20H25N5O2. The average molecular weight is 367 g/mol. The van der Waals surface area contributed by atoms with Crippen molar-refractivity contribution in [1.29, 1.82) is 0 Å². The van der Waals surface area contributed by atoms with Gasteiger partial charge in [0.05, 0.1) is 11.6 Å². The van der Waals surface area contributed by atoms with Crippen LogP contribution in [0.4, 0.5) is 0 Å². The van der Waals surface area contributed by atoms with Crippen LogP contribution >= 0.6 is 0 Å². The number of rotatable bonds is 4. The second kappa shape index (κ2) is 7.90. The van der Waals surface area contributed by atoms with E-state index in [4.69, 9.17) is 0 Å². The third-order valence-corrected chi connectivity index (χ3v) is 5.55. The molecule has 2 N–H and O–H groups in total. The van der Waals surface area contributed by atoms with Crippen LogP contribution in [0.5, 0.6) is 0 Å². The minimum atomic E-state index is -0.121. The lowest BCUT2D eigenvalue weighted by atomic mass is 9.96. The lowest BCUT2D eigenvalue weighted by molar-refractivity contribution is -0.127. The molecule has 1 saturated heterocycles. The van der Waals surface area contributed by atoms with Gasteiger partial charge >= 0.3 is 0 Å². The first-order chi connectivity index (χ1) is 13.2. The van der Waals surface area contributed by atoms with Crippen LogP contribution in [0.2, 0.25) is 0 Å². The highest BCUT2D eigenvalue weighted by atomic mass is 16.2. The van der Waals surface area contributed by atoms with Crippen LogP contribution < -0.4 is 5.32 Å². The molecule has 1 saturated carbocycles. The Bertz CT molecular complexity index is 798. The number of aromatic amines is 1. The fraction of sp³-hybridized carbons (Fsp3) is 0.500. The summed E-state index contributed by atoms with van der Waals surface area (Å²) in [7, 11) is 0. The minimum Gasteiger partial charge on any atom is -0.353 e. The number of carbonyl (C=O) groups excluding carboxylic acids is 2. The first-order valence-corrected chi connectivity index (χ1v) is 9.76. The van der Waals surface area contributed by atoms with E-state index in [0.717, 1.165) is 31.2 Å². The Balaban J connectivity index is 1.40. The van der Waals surface area contributed by atoms with Crippen molar-refractivity contribution in [3.63, 3.8) is 0 Å². The van der Waals surface area contributed by atoms with Crippen LogP contribution in [0.15, 0.2) is 30.6 Å². The molecule has 2 amide bonds. The first-order valence-electron chi connectivity index (χ1n) is 9.76. The Hall–Kier alpha value is -2.70. The third-order valence-electron chi connectivity index (χ3n) is 5.55. The summed E-state index contributed by atoms with van der Waals surface area (Å²) >= 11 is 0. The van der Waals surface area contributed by atoms with Crippen molar-refractivity contribution in [2.75, 3.05) is 13.1 Å². The average Bonchev–Trinajstić information content (AvgIpc) is 3.40. The zero-order valence-electron chi connectivity index (χ0n) is 15.4. The van der Waals surface area contributed by atoms with E-state index >= 15 is 0 Å². The van der Waals surface area contributed by atoms with Gasteiger partial charge in [0.25, 0.3) is 5.91 Å². The normalized spacial score (nSPS) is 20.6. The van der Waals surface area contributed by atoms with Gasteiger partial charge in [-0.15, -0.1) is 0 Å². The summed E-state index contributed by atoms with van der Waals surface area (Å²) in [5, 5.41) is 10.2. The number of piperidine rings is 1. The van der Waals surface area contributed by atoms with Gasteiger partial charge in [-0.1, -0.05) is 12.8 Å². The van der Waals surface area contributed by atoms with Crippen molar-refractivity contribution in [3.05, 3.63) is 36.3 Å². The molecule has 0 aromatic carbocycles. The van der Waals surface area contributed by atoms with Gasteiger partial charge in [-0.05, 0) is 43.9 Å². The van der Waals surface area contributed by atoms with Crippen molar-refractivity contribution in [2.45, 2.75) is 44.6 Å². The smallest absolute Gasteiger partial charge is 0.271 e. The van der Waals surface area contributed by atoms with E-state index < -0.39 is 0 Å². The van der Waals surface area contributed by atoms with E-state index in [1.807, 2.05) is 12.1 Å². The van der Waals surface area contributed by atoms with E-state index in [-0.39, 0.29) is 17.7 Å². The molecule has 1 unspecified atom stereocenters. The predicted molar refractivity (Wildman–Crippen MR) is 101 cm³/mol. The number of likely N-dealkylation sites (tertiary alicyclic amines) is 1. The Morgan fingerprint density at radius 1 is 1.19 bits per heavy atom. The Morgan fingerprint density at radius 2 is 2.04 bits per heavy atom. The Morgan fingerprint density at radius 3 is 2.81 bits per heavy atom. The Labute approximate surface area is 158 Å². The molecule has 27 heavy (non-hydrogen) atoms. The van der Waals surface area contributed by atoms with Crippen LogP contribution in [-0.4, -0.2) is 51.0 Å². The van der Waals surface area contributed by atoms with Gasteiger partial charge < -0.3 is 10.2 Å². The zero-order chi connectivity index (χ0) is 18.6. The quantitative estimate of drug-likeness (QED) is 0.868. The lowest BCUT2D eigenvalue weighted by Crippen LogP contribution is -2.47. The zero-order valence-corrected chi connectivity index (χ0v) is 15.4. The van der Waals surface area contributed by atoms with Crippen molar-refractivity contribution >= 4 is 11.8 Å². The second-order valence-corrected chi connectivity index (χ2v) is 7.49. The van der Waals surface area contributed by atoms with Crippen molar-refractivity contribution in [2.24, 2.45) is 5.92 Å². The van der Waals surface area contributed by atoms with Crippen LogP contribution in [0, 0.1) is 5.92 Å². The molecule has 7 heteroatoms. The molecule has 2 aromatic heterocycles. The van der Waals surface area contributed by atoms with Crippen LogP contribution in [0.3, 0.4) is 0 Å². The Kier molecular flexibility index (Phi) is 5.18. The number of hydrogen-bond acceptors (Lipinski definition) is 4. The van der Waals surface area contributed by atoms with E-state index in [2.05, 4.69) is 20.5 Å². The molecule has 0 bridgehead atoms. The summed E-state index contributed by atoms with van der Waals surface area (Å²) < 4.78 is 0. The summed E-state index contributed by atoms with van der Waals surface area (Å²) in [5.74, 6) is -0.125. The van der Waals surface area contributed by atoms with Gasteiger partial charge in [0.1, 0.15) is 5.69 Å². The van der Waals surface area contributed by atoms with Crippen LogP contribution in [0.25, 0.3) is 11.3 Å². The molecule has 1 aliphatic heterocycles. The van der Waals surface area contributed by atoms with E-state index in [0.29, 0.717) is 30.5 Å². The molecule has 142 valence electrons. The number of aromatic nitrogens is 3. The van der Waals surface area contributed by atoms with Gasteiger partial charge in [-0.3, -0.25) is 19.7 Å². The highest BCUT2D eigenvalue weighted by molar-refractivity contribution is 5.94. The molecule has 2 aromatic rings. The van der Waals surface area contributed by atoms with Crippen molar-refractivity contribution < 1.29 is 9.59 Å². The molecule has 2 fully saturated rings. The standard InChI is InChI=1S/C20H25N5O2/c26-19(22-16-7-1-2-8-16)15-6-4-10-25(13-15)20(27)18-11-17(23-24-18)14-5-3-9-21-12-14/h3,5,9,11-12,15-16H,1-2,4,6-8,10,13H2,(H,22,26)(H,23,24). The number of carbonyl (C=O) groups is 2. The highest BCUT2D eigenvalue weighted by Gasteiger charge is 2.31. The van der Waals surface area contributed by atoms with Gasteiger partial charge in [0, 0.05) is 37.1 Å². The number of nitrogens with one attached hydrogen (secondary N) is 2. The molecular weight excluding hydrogens is 342 g/mol. The van der Waals surface area contributed by atoms with Gasteiger partial charge in [0.2, 0.25) is 5.91 Å². The van der Waals surface area contributed by atoms with Gasteiger partial charge in [-0.2, -0.15) is 5.10 Å². The van der Waals surface area contributed by atoms with Crippen molar-refractivity contribution in [3.8, 4) is 11.3 Å². The topological polar surface area (TPSA) is 91.0 Å². The van der Waals surface area contributed by atoms with E-state index in [1.165, 1.54) is 12.8 Å². The van der Waals surface area contributed by atoms with E-state index in [9.17, 15) is 9.59 Å². The minimum absolute atomic E-state index is 0.0973. The monoisotopic (exact) mass is 367 g/mol. The summed E-state index contributed by atoms with van der Waals surface area (Å²) in [6.45, 7) is 1.14. The SMILES string of the molecule is O=C(NC1CCCC1)C1CCCN(C(=O)c2cc(-c3cccnc3)n[nH]2)C1. The van der Waals surface area contributed by atoms with Crippen molar-refractivity contribution in [1.82, 2.24) is 25.4 Å². The third kappa shape index (κ3) is 4.02. The number of hydrogen-bond donors (Lipinski definition) is 2. The maximum Gasteiger partial charge on any atom is 0.271 e. The highest BCUT2D eigenvalue weighted by Crippen LogP contribution is 2.23. The van der Waals surface area contributed by atoms with Crippen LogP contribution in [-0.2, 0) is 4.79 Å². The molecule has 1 aliphatic carbocycles. The van der Waals surface area contributed by atoms with Gasteiger partial charge in [-0.25, -0.2) is 0 Å². The number of amides is 2. The van der Waals surface area contributed by atoms with Crippen LogP contribution in [0.1, 0.15) is 49.0 Å². The number of nitrogens with zero attached hydrogens (tertiary/aromatic N) is 3. The molecule has 4 rings (SSSR count). The van der Waals surface area contributed by atoms with Gasteiger partial charge in [0.15, 0.2) is 0 Å². The molecule has 7 nitrogen and oxygen atoms in total. The van der Waals surface area contributed by atoms with E-state index in [1.54, 1.807) is 23.4 Å². The molecule has 2 aliphatic rings. The summed E-state index contributed by atoms with van der Waals surface area (Å²) in [6.07, 6.45) is 9.64. The second-order valence-electron chi connectivity index (χ2n) is 7.49. The fourth-order valence-corrected chi connectivity index (χ4v) is 4.03. The number of pyridine rings is 1. The molecule has 0 spiro atoms. The number of H-pyrrole nitrogens is 1. The fourth-order valence-electron chi connectivity index (χ4n) is 4.03.